The lowest BCUT2D eigenvalue weighted by molar-refractivity contribution is -0.111. The van der Waals surface area contributed by atoms with Gasteiger partial charge in [-0.2, -0.15) is 4.98 Å². The van der Waals surface area contributed by atoms with Crippen molar-refractivity contribution in [3.63, 3.8) is 0 Å². The molecule has 0 radical (unpaired) electrons. The second kappa shape index (κ2) is 13.0. The second-order valence-corrected chi connectivity index (χ2v) is 11.9. The van der Waals surface area contributed by atoms with Gasteiger partial charge in [-0.3, -0.25) is 9.20 Å². The Hall–Kier alpha value is -4.58. The minimum atomic E-state index is -0.319. The fourth-order valence-corrected chi connectivity index (χ4v) is 6.16. The van der Waals surface area contributed by atoms with Crippen LogP contribution in [0, 0.1) is 0 Å². The minimum Gasteiger partial charge on any atom is -0.495 e. The van der Waals surface area contributed by atoms with Crippen molar-refractivity contribution in [3.05, 3.63) is 71.1 Å². The van der Waals surface area contributed by atoms with Crippen LogP contribution in [0.4, 0.5) is 23.0 Å². The summed E-state index contributed by atoms with van der Waals surface area (Å²) in [6.45, 7) is 11.3. The van der Waals surface area contributed by atoms with Gasteiger partial charge in [0.05, 0.1) is 41.3 Å². The number of nitrogens with zero attached hydrogens (tertiary/aromatic N) is 5. The van der Waals surface area contributed by atoms with Gasteiger partial charge in [0, 0.05) is 66.8 Å². The van der Waals surface area contributed by atoms with Crippen molar-refractivity contribution in [2.75, 3.05) is 55.9 Å². The van der Waals surface area contributed by atoms with Gasteiger partial charge in [-0.05, 0) is 36.3 Å². The van der Waals surface area contributed by atoms with Crippen molar-refractivity contribution in [3.8, 4) is 22.6 Å². The summed E-state index contributed by atoms with van der Waals surface area (Å²) in [6, 6.07) is 9.44. The number of benzene rings is 2. The summed E-state index contributed by atoms with van der Waals surface area (Å²) in [4.78, 5) is 29.1. The van der Waals surface area contributed by atoms with Gasteiger partial charge in [-0.25, -0.2) is 9.97 Å². The summed E-state index contributed by atoms with van der Waals surface area (Å²) in [6.07, 6.45) is 4.92. The molecule has 11 nitrogen and oxygen atoms in total. The molecule has 3 N–H and O–H groups in total. The van der Waals surface area contributed by atoms with Crippen LogP contribution in [0.2, 0.25) is 10.0 Å². The van der Waals surface area contributed by atoms with Crippen LogP contribution in [0.25, 0.3) is 27.8 Å². The topological polar surface area (TPSA) is 118 Å². The van der Waals surface area contributed by atoms with Gasteiger partial charge < -0.3 is 30.3 Å². The number of aromatic nitrogens is 4. The molecular weight excluding hydrogens is 627 g/mol. The molecule has 0 spiro atoms. The summed E-state index contributed by atoms with van der Waals surface area (Å²) < 4.78 is 13.0. The quantitative estimate of drug-likeness (QED) is 0.149. The first-order valence-electron chi connectivity index (χ1n) is 14.8. The van der Waals surface area contributed by atoms with E-state index in [0.29, 0.717) is 61.3 Å². The average Bonchev–Trinajstić information content (AvgIpc) is 3.53. The number of carbonyl (C=O) groups is 1. The number of fused-ring (bicyclic) bond motifs is 3. The van der Waals surface area contributed by atoms with E-state index in [9.17, 15) is 4.79 Å². The van der Waals surface area contributed by atoms with E-state index in [4.69, 9.17) is 42.6 Å². The number of imidazole rings is 1. The van der Waals surface area contributed by atoms with Crippen molar-refractivity contribution < 1.29 is 14.3 Å². The van der Waals surface area contributed by atoms with Crippen molar-refractivity contribution in [2.45, 2.75) is 19.8 Å². The van der Waals surface area contributed by atoms with Crippen LogP contribution >= 0.6 is 23.2 Å². The molecule has 4 heterocycles. The van der Waals surface area contributed by atoms with Crippen LogP contribution in [0.3, 0.4) is 0 Å². The van der Waals surface area contributed by atoms with Crippen LogP contribution in [-0.4, -0.2) is 65.7 Å². The molecule has 1 aliphatic heterocycles. The Labute approximate surface area is 276 Å². The Morgan fingerprint density at radius 2 is 1.74 bits per heavy atom. The number of halogens is 2. The highest BCUT2D eigenvalue weighted by molar-refractivity contribution is 6.41. The number of carbonyl (C=O) groups excluding carboxylic acids is 1. The lowest BCUT2D eigenvalue weighted by Crippen LogP contribution is -2.43. The van der Waals surface area contributed by atoms with Crippen LogP contribution in [0.15, 0.2) is 55.4 Å². The molecule has 2 aromatic carbocycles. The van der Waals surface area contributed by atoms with Crippen LogP contribution in [0.1, 0.15) is 25.5 Å². The number of pyridine rings is 1. The molecule has 13 heteroatoms. The van der Waals surface area contributed by atoms with E-state index in [1.54, 1.807) is 12.3 Å². The zero-order chi connectivity index (χ0) is 32.5. The van der Waals surface area contributed by atoms with E-state index >= 15 is 0 Å². The van der Waals surface area contributed by atoms with E-state index in [2.05, 4.69) is 46.3 Å². The van der Waals surface area contributed by atoms with Crippen LogP contribution in [0.5, 0.6) is 11.5 Å². The van der Waals surface area contributed by atoms with Crippen molar-refractivity contribution in [1.29, 1.82) is 0 Å². The molecule has 5 aromatic rings. The van der Waals surface area contributed by atoms with Crippen molar-refractivity contribution >= 4 is 68.8 Å². The Balaban J connectivity index is 1.48. The largest absolute Gasteiger partial charge is 0.495 e. The van der Waals surface area contributed by atoms with E-state index in [-0.39, 0.29) is 11.8 Å². The predicted octanol–water partition coefficient (Wildman–Crippen LogP) is 6.67. The molecule has 0 bridgehead atoms. The molecule has 0 unspecified atom stereocenters. The second-order valence-electron chi connectivity index (χ2n) is 11.1. The molecule has 0 aliphatic carbocycles. The highest BCUT2D eigenvalue weighted by Gasteiger charge is 2.24. The number of anilines is 4. The molecule has 1 amide bonds. The molecular formula is C33H34Cl2N8O3. The zero-order valence-electron chi connectivity index (χ0n) is 25.9. The summed E-state index contributed by atoms with van der Waals surface area (Å²) in [5, 5.41) is 11.0. The van der Waals surface area contributed by atoms with Crippen LogP contribution in [-0.2, 0) is 4.79 Å². The van der Waals surface area contributed by atoms with Gasteiger partial charge in [0.25, 0.3) is 0 Å². The highest BCUT2D eigenvalue weighted by Crippen LogP contribution is 2.47. The molecule has 3 aromatic heterocycles. The maximum atomic E-state index is 12.4. The number of methoxy groups -OCH3 is 2. The first-order chi connectivity index (χ1) is 22.2. The molecule has 0 saturated carbocycles. The maximum absolute atomic E-state index is 12.4. The van der Waals surface area contributed by atoms with E-state index in [1.165, 1.54) is 20.3 Å². The van der Waals surface area contributed by atoms with Gasteiger partial charge in [0.15, 0.2) is 5.65 Å². The van der Waals surface area contributed by atoms with Crippen LogP contribution < -0.4 is 30.3 Å². The Morgan fingerprint density at radius 1 is 1.02 bits per heavy atom. The molecule has 0 atom stereocenters. The van der Waals surface area contributed by atoms with E-state index in [1.807, 2.05) is 34.9 Å². The van der Waals surface area contributed by atoms with E-state index in [0.717, 1.165) is 42.9 Å². The third kappa shape index (κ3) is 5.89. The lowest BCUT2D eigenvalue weighted by Gasteiger charge is -2.30. The lowest BCUT2D eigenvalue weighted by atomic mass is 10.0. The maximum Gasteiger partial charge on any atom is 0.247 e. The predicted molar refractivity (Wildman–Crippen MR) is 185 cm³/mol. The van der Waals surface area contributed by atoms with E-state index < -0.39 is 0 Å². The fourth-order valence-electron chi connectivity index (χ4n) is 5.46. The summed E-state index contributed by atoms with van der Waals surface area (Å²) in [5.74, 6) is 0.998. The number of piperazine rings is 1. The summed E-state index contributed by atoms with van der Waals surface area (Å²) >= 11 is 13.7. The first kappa shape index (κ1) is 31.4. The normalized spacial score (nSPS) is 13.3. The Bertz CT molecular complexity index is 1940. The standard InChI is InChI=1S/C33H34Cl2N8O3/c1-6-27(44)38-23-14-20(42-11-9-36-10-12-42)7-8-22(23)40-33-37-16-19-13-21(28-29(34)25(45-4)15-26(46-5)30(28)35)32-39-24(18(2)3)17-43(32)31(19)41-33/h6-8,13-18,36H,1,9-12H2,2-5H3,(H,38,44)(H,37,40,41). The number of ether oxygens (including phenoxy) is 2. The number of hydrogen-bond acceptors (Lipinski definition) is 9. The Kier molecular flexibility index (Phi) is 8.90. The SMILES string of the molecule is C=CC(=O)Nc1cc(N2CCNCC2)ccc1Nc1ncc2cc(-c3c(Cl)c(OC)cc(OC)c3Cl)c3nc(C(C)C)cn3c2n1. The highest BCUT2D eigenvalue weighted by atomic mass is 35.5. The molecule has 1 aliphatic rings. The summed E-state index contributed by atoms with van der Waals surface area (Å²) in [5.41, 5.74) is 5.53. The number of nitrogens with one attached hydrogen (secondary N) is 3. The number of amides is 1. The monoisotopic (exact) mass is 660 g/mol. The van der Waals surface area contributed by atoms with Crippen molar-refractivity contribution in [2.24, 2.45) is 0 Å². The first-order valence-corrected chi connectivity index (χ1v) is 15.6. The molecule has 6 rings (SSSR count). The van der Waals surface area contributed by atoms with Gasteiger partial charge >= 0.3 is 0 Å². The van der Waals surface area contributed by atoms with Gasteiger partial charge in [-0.1, -0.05) is 43.6 Å². The zero-order valence-corrected chi connectivity index (χ0v) is 27.5. The number of hydrogen-bond donors (Lipinski definition) is 3. The molecule has 1 fully saturated rings. The molecule has 1 saturated heterocycles. The third-order valence-electron chi connectivity index (χ3n) is 7.90. The van der Waals surface area contributed by atoms with Crippen molar-refractivity contribution in [1.82, 2.24) is 24.7 Å². The van der Waals surface area contributed by atoms with Gasteiger partial charge in [0.2, 0.25) is 11.9 Å². The summed E-state index contributed by atoms with van der Waals surface area (Å²) in [7, 11) is 3.08. The third-order valence-corrected chi connectivity index (χ3v) is 8.65. The van der Waals surface area contributed by atoms with Gasteiger partial charge in [-0.15, -0.1) is 0 Å². The van der Waals surface area contributed by atoms with Gasteiger partial charge in [0.1, 0.15) is 17.1 Å². The Morgan fingerprint density at radius 3 is 2.39 bits per heavy atom. The smallest absolute Gasteiger partial charge is 0.247 e. The fraction of sp³-hybridized carbons (Fsp3) is 0.273. The number of rotatable bonds is 9. The average molecular weight is 662 g/mol. The minimum absolute atomic E-state index is 0.137. The molecule has 46 heavy (non-hydrogen) atoms. The molecule has 238 valence electrons.